The number of hydrogen-bond acceptors (Lipinski definition) is 4. The molecule has 0 saturated carbocycles. The van der Waals surface area contributed by atoms with Crippen LogP contribution in [0.1, 0.15) is 6.92 Å². The Morgan fingerprint density at radius 2 is 2.00 bits per heavy atom. The molecule has 1 aliphatic heterocycles. The van der Waals surface area contributed by atoms with Crippen molar-refractivity contribution in [2.24, 2.45) is 5.73 Å². The molecule has 0 bridgehead atoms. The Labute approximate surface area is 116 Å². The van der Waals surface area contributed by atoms with Gasteiger partial charge in [-0.15, -0.1) is 0 Å². The Morgan fingerprint density at radius 3 is 2.55 bits per heavy atom. The molecule has 110 valence electrons. The lowest BCUT2D eigenvalue weighted by Gasteiger charge is -2.37. The maximum Gasteiger partial charge on any atom is 0.250 e. The van der Waals surface area contributed by atoms with Crippen molar-refractivity contribution in [3.8, 4) is 0 Å². The second-order valence-corrected chi connectivity index (χ2v) is 6.67. The summed E-state index contributed by atoms with van der Waals surface area (Å²) < 4.78 is 44.1. The van der Waals surface area contributed by atoms with Gasteiger partial charge < -0.3 is 10.5 Å². The molecule has 0 aliphatic carbocycles. The van der Waals surface area contributed by atoms with Crippen LogP contribution in [-0.2, 0) is 19.6 Å². The third kappa shape index (κ3) is 2.67. The molecule has 1 aliphatic rings. The fraction of sp³-hybridized carbons (Fsp3) is 0.417. The first-order chi connectivity index (χ1) is 9.25. The third-order valence-corrected chi connectivity index (χ3v) is 5.07. The van der Waals surface area contributed by atoms with Crippen LogP contribution in [0.5, 0.6) is 0 Å². The van der Waals surface area contributed by atoms with E-state index in [-0.39, 0.29) is 24.6 Å². The zero-order chi connectivity index (χ0) is 15.0. The minimum absolute atomic E-state index is 0.0346. The zero-order valence-electron chi connectivity index (χ0n) is 10.9. The van der Waals surface area contributed by atoms with Gasteiger partial charge in [-0.25, -0.2) is 12.8 Å². The number of benzene rings is 1. The van der Waals surface area contributed by atoms with Crippen LogP contribution >= 0.6 is 0 Å². The van der Waals surface area contributed by atoms with E-state index in [0.29, 0.717) is 0 Å². The fourth-order valence-corrected chi connectivity index (χ4v) is 3.45. The summed E-state index contributed by atoms with van der Waals surface area (Å²) in [6.45, 7) is 1.46. The summed E-state index contributed by atoms with van der Waals surface area (Å²) >= 11 is 0. The monoisotopic (exact) mass is 302 g/mol. The number of primary amides is 1. The minimum Gasteiger partial charge on any atom is -0.367 e. The van der Waals surface area contributed by atoms with E-state index in [1.807, 2.05) is 0 Å². The number of ether oxygens (including phenoxy) is 1. The lowest BCUT2D eigenvalue weighted by Crippen LogP contribution is -2.58. The smallest absolute Gasteiger partial charge is 0.250 e. The normalized spacial score (nSPS) is 24.5. The fourth-order valence-electron chi connectivity index (χ4n) is 1.94. The Morgan fingerprint density at radius 1 is 1.40 bits per heavy atom. The Hall–Kier alpha value is -1.51. The molecule has 0 aromatic heterocycles. The molecule has 1 aromatic rings. The van der Waals surface area contributed by atoms with Crippen LogP contribution in [-0.4, -0.2) is 43.9 Å². The average molecular weight is 302 g/mol. The lowest BCUT2D eigenvalue weighted by molar-refractivity contribution is -0.148. The van der Waals surface area contributed by atoms with Crippen LogP contribution in [0.4, 0.5) is 4.39 Å². The Bertz CT molecular complexity index is 617. The summed E-state index contributed by atoms with van der Waals surface area (Å²) in [5.74, 6) is -1.25. The van der Waals surface area contributed by atoms with E-state index in [4.69, 9.17) is 10.5 Å². The van der Waals surface area contributed by atoms with Gasteiger partial charge in [0.2, 0.25) is 10.0 Å². The van der Waals surface area contributed by atoms with Crippen molar-refractivity contribution in [3.05, 3.63) is 30.1 Å². The second kappa shape index (κ2) is 5.12. The van der Waals surface area contributed by atoms with Crippen molar-refractivity contribution in [1.82, 2.24) is 4.31 Å². The first-order valence-electron chi connectivity index (χ1n) is 5.95. The number of nitrogens with zero attached hydrogens (tertiary/aromatic N) is 1. The van der Waals surface area contributed by atoms with Gasteiger partial charge in [-0.2, -0.15) is 4.31 Å². The lowest BCUT2D eigenvalue weighted by atomic mass is 10.1. The number of carbonyl (C=O) groups is 1. The van der Waals surface area contributed by atoms with E-state index in [0.717, 1.165) is 16.4 Å². The van der Waals surface area contributed by atoms with E-state index in [1.165, 1.54) is 19.1 Å². The number of rotatable bonds is 3. The number of hydrogen-bond donors (Lipinski definition) is 1. The van der Waals surface area contributed by atoms with E-state index >= 15 is 0 Å². The first kappa shape index (κ1) is 14.9. The van der Waals surface area contributed by atoms with E-state index in [1.54, 1.807) is 0 Å². The van der Waals surface area contributed by atoms with Crippen LogP contribution in [0, 0.1) is 5.82 Å². The Kier molecular flexibility index (Phi) is 3.81. The first-order valence-corrected chi connectivity index (χ1v) is 7.39. The molecule has 1 fully saturated rings. The summed E-state index contributed by atoms with van der Waals surface area (Å²) in [5.41, 5.74) is 3.87. The summed E-state index contributed by atoms with van der Waals surface area (Å²) in [5, 5.41) is 0. The van der Waals surface area contributed by atoms with Gasteiger partial charge in [0.15, 0.2) is 5.60 Å². The summed E-state index contributed by atoms with van der Waals surface area (Å²) in [4.78, 5) is 11.3. The maximum absolute atomic E-state index is 12.9. The number of sulfonamides is 1. The van der Waals surface area contributed by atoms with Gasteiger partial charge in [-0.3, -0.25) is 4.79 Å². The number of morpholine rings is 1. The number of carbonyl (C=O) groups excluding carboxylic acids is 1. The average Bonchev–Trinajstić information content (AvgIpc) is 2.39. The Balaban J connectivity index is 2.30. The van der Waals surface area contributed by atoms with Gasteiger partial charge in [-0.05, 0) is 31.2 Å². The molecule has 1 unspecified atom stereocenters. The molecule has 0 spiro atoms. The molecule has 1 aromatic carbocycles. The van der Waals surface area contributed by atoms with Gasteiger partial charge in [-0.1, -0.05) is 0 Å². The number of halogens is 1. The van der Waals surface area contributed by atoms with Crippen molar-refractivity contribution in [3.63, 3.8) is 0 Å². The van der Waals surface area contributed by atoms with E-state index in [9.17, 15) is 17.6 Å². The highest BCUT2D eigenvalue weighted by atomic mass is 32.2. The largest absolute Gasteiger partial charge is 0.367 e. The molecule has 1 saturated heterocycles. The van der Waals surface area contributed by atoms with Gasteiger partial charge in [0.05, 0.1) is 18.0 Å². The zero-order valence-corrected chi connectivity index (χ0v) is 11.7. The van der Waals surface area contributed by atoms with Crippen molar-refractivity contribution in [2.45, 2.75) is 17.4 Å². The van der Waals surface area contributed by atoms with Crippen LogP contribution in [0.15, 0.2) is 29.2 Å². The van der Waals surface area contributed by atoms with E-state index < -0.39 is 27.3 Å². The molecule has 1 heterocycles. The van der Waals surface area contributed by atoms with Crippen LogP contribution < -0.4 is 5.73 Å². The molecule has 2 N–H and O–H groups in total. The molecule has 2 rings (SSSR count). The van der Waals surface area contributed by atoms with Gasteiger partial charge >= 0.3 is 0 Å². The van der Waals surface area contributed by atoms with Crippen molar-refractivity contribution < 1.29 is 22.3 Å². The highest BCUT2D eigenvalue weighted by Gasteiger charge is 2.41. The number of nitrogens with two attached hydrogens (primary N) is 1. The van der Waals surface area contributed by atoms with Crippen LogP contribution in [0.25, 0.3) is 0 Å². The topological polar surface area (TPSA) is 89.7 Å². The molecule has 1 atom stereocenters. The molecule has 6 nitrogen and oxygen atoms in total. The highest BCUT2D eigenvalue weighted by Crippen LogP contribution is 2.23. The van der Waals surface area contributed by atoms with E-state index in [2.05, 4.69) is 0 Å². The maximum atomic E-state index is 12.9. The van der Waals surface area contributed by atoms with Gasteiger partial charge in [0.1, 0.15) is 5.82 Å². The quantitative estimate of drug-likeness (QED) is 0.857. The standard InChI is InChI=1S/C12H15FN2O4S/c1-12(11(14)16)8-15(6-7-19-12)20(17,18)10-4-2-9(13)3-5-10/h2-5H,6-8H2,1H3,(H2,14,16). The summed E-state index contributed by atoms with van der Waals surface area (Å²) in [6.07, 6.45) is 0. The molecular weight excluding hydrogens is 287 g/mol. The van der Waals surface area contributed by atoms with Crippen molar-refractivity contribution in [2.75, 3.05) is 19.7 Å². The predicted octanol–water partition coefficient (Wildman–Crippen LogP) is 0.0906. The summed E-state index contributed by atoms with van der Waals surface area (Å²) in [7, 11) is -3.80. The molecular formula is C12H15FN2O4S. The van der Waals surface area contributed by atoms with Gasteiger partial charge in [0.25, 0.3) is 5.91 Å². The third-order valence-electron chi connectivity index (χ3n) is 3.21. The van der Waals surface area contributed by atoms with Crippen molar-refractivity contribution >= 4 is 15.9 Å². The number of amides is 1. The molecule has 20 heavy (non-hydrogen) atoms. The predicted molar refractivity (Wildman–Crippen MR) is 68.7 cm³/mol. The molecule has 1 amide bonds. The summed E-state index contributed by atoms with van der Waals surface area (Å²) in [6, 6.07) is 4.50. The SMILES string of the molecule is CC1(C(N)=O)CN(S(=O)(=O)c2ccc(F)cc2)CCO1. The van der Waals surface area contributed by atoms with Gasteiger partial charge in [0, 0.05) is 6.54 Å². The second-order valence-electron chi connectivity index (χ2n) is 4.74. The van der Waals surface area contributed by atoms with Crippen LogP contribution in [0.2, 0.25) is 0 Å². The molecule has 0 radical (unpaired) electrons. The van der Waals surface area contributed by atoms with Crippen LogP contribution in [0.3, 0.4) is 0 Å². The highest BCUT2D eigenvalue weighted by molar-refractivity contribution is 7.89. The molecule has 8 heteroatoms. The van der Waals surface area contributed by atoms with Crippen molar-refractivity contribution in [1.29, 1.82) is 0 Å². The minimum atomic E-state index is -3.80.